The molecular formula is C11H10ClN3OS. The first-order valence-corrected chi connectivity index (χ1v) is 6.21. The molecule has 2 heterocycles. The number of thiazole rings is 1. The van der Waals surface area contributed by atoms with E-state index in [4.69, 9.17) is 11.6 Å². The van der Waals surface area contributed by atoms with Crippen molar-refractivity contribution in [2.45, 2.75) is 13.5 Å². The summed E-state index contributed by atoms with van der Waals surface area (Å²) in [7, 11) is 0. The van der Waals surface area contributed by atoms with Crippen molar-refractivity contribution in [3.63, 3.8) is 0 Å². The van der Waals surface area contributed by atoms with E-state index in [0.29, 0.717) is 17.1 Å². The van der Waals surface area contributed by atoms with Gasteiger partial charge in [-0.15, -0.1) is 11.3 Å². The highest BCUT2D eigenvalue weighted by Gasteiger charge is 2.10. The third-order valence-electron chi connectivity index (χ3n) is 2.11. The number of pyridine rings is 1. The highest BCUT2D eigenvalue weighted by molar-refractivity contribution is 7.09. The number of carbonyl (C=O) groups excluding carboxylic acids is 1. The van der Waals surface area contributed by atoms with Crippen LogP contribution >= 0.6 is 22.9 Å². The molecule has 88 valence electrons. The van der Waals surface area contributed by atoms with Gasteiger partial charge in [0.15, 0.2) is 0 Å². The Balaban J connectivity index is 2.01. The molecule has 0 aliphatic heterocycles. The van der Waals surface area contributed by atoms with Gasteiger partial charge in [0.05, 0.1) is 27.8 Å². The molecule has 0 aromatic carbocycles. The van der Waals surface area contributed by atoms with E-state index in [1.54, 1.807) is 23.6 Å². The quantitative estimate of drug-likeness (QED) is 0.929. The van der Waals surface area contributed by atoms with Crippen LogP contribution in [0.2, 0.25) is 5.02 Å². The zero-order valence-corrected chi connectivity index (χ0v) is 10.7. The third-order valence-corrected chi connectivity index (χ3v) is 3.26. The standard InChI is InChI=1S/C11H10ClN3OS/c1-7-15-8(6-17-7)4-14-11(16)9-5-13-3-2-10(9)12/h2-3,5-6H,4H2,1H3,(H,14,16). The molecule has 0 aliphatic rings. The lowest BCUT2D eigenvalue weighted by Crippen LogP contribution is -2.23. The molecule has 17 heavy (non-hydrogen) atoms. The van der Waals surface area contributed by atoms with Crippen molar-refractivity contribution in [1.82, 2.24) is 15.3 Å². The predicted octanol–water partition coefficient (Wildman–Crippen LogP) is 2.43. The van der Waals surface area contributed by atoms with Crippen LogP contribution in [0.5, 0.6) is 0 Å². The first kappa shape index (κ1) is 12.0. The number of halogens is 1. The van der Waals surface area contributed by atoms with E-state index in [-0.39, 0.29) is 5.91 Å². The molecule has 0 radical (unpaired) electrons. The molecule has 0 aliphatic carbocycles. The number of nitrogens with zero attached hydrogens (tertiary/aromatic N) is 2. The first-order valence-electron chi connectivity index (χ1n) is 4.95. The fourth-order valence-corrected chi connectivity index (χ4v) is 2.10. The number of aryl methyl sites for hydroxylation is 1. The number of hydrogen-bond acceptors (Lipinski definition) is 4. The minimum absolute atomic E-state index is 0.242. The molecule has 0 fully saturated rings. The molecule has 1 amide bonds. The van der Waals surface area contributed by atoms with E-state index >= 15 is 0 Å². The van der Waals surface area contributed by atoms with Gasteiger partial charge >= 0.3 is 0 Å². The molecule has 0 unspecified atom stereocenters. The minimum Gasteiger partial charge on any atom is -0.346 e. The third kappa shape index (κ3) is 3.01. The highest BCUT2D eigenvalue weighted by Crippen LogP contribution is 2.13. The molecule has 0 spiro atoms. The Labute approximate surface area is 108 Å². The van der Waals surface area contributed by atoms with Crippen LogP contribution in [0.4, 0.5) is 0 Å². The number of amides is 1. The lowest BCUT2D eigenvalue weighted by molar-refractivity contribution is 0.0950. The Hall–Kier alpha value is -1.46. The van der Waals surface area contributed by atoms with E-state index in [2.05, 4.69) is 15.3 Å². The first-order chi connectivity index (χ1) is 8.16. The summed E-state index contributed by atoms with van der Waals surface area (Å²) < 4.78 is 0. The van der Waals surface area contributed by atoms with Crippen LogP contribution in [-0.2, 0) is 6.54 Å². The fourth-order valence-electron chi connectivity index (χ4n) is 1.30. The molecule has 4 nitrogen and oxygen atoms in total. The van der Waals surface area contributed by atoms with Gasteiger partial charge in [-0.25, -0.2) is 4.98 Å². The average Bonchev–Trinajstić information content (AvgIpc) is 2.73. The SMILES string of the molecule is Cc1nc(CNC(=O)c2cnccc2Cl)cs1. The molecule has 0 atom stereocenters. The normalized spacial score (nSPS) is 10.2. The van der Waals surface area contributed by atoms with Gasteiger partial charge in [-0.3, -0.25) is 9.78 Å². The van der Waals surface area contributed by atoms with Gasteiger partial charge in [0, 0.05) is 17.8 Å². The number of rotatable bonds is 3. The molecule has 0 saturated carbocycles. The largest absolute Gasteiger partial charge is 0.346 e. The van der Waals surface area contributed by atoms with Crippen molar-refractivity contribution in [3.8, 4) is 0 Å². The molecule has 0 bridgehead atoms. The highest BCUT2D eigenvalue weighted by atomic mass is 35.5. The fraction of sp³-hybridized carbons (Fsp3) is 0.182. The van der Waals surface area contributed by atoms with Crippen LogP contribution in [0.3, 0.4) is 0 Å². The Morgan fingerprint density at radius 3 is 3.06 bits per heavy atom. The monoisotopic (exact) mass is 267 g/mol. The number of hydrogen-bond donors (Lipinski definition) is 1. The summed E-state index contributed by atoms with van der Waals surface area (Å²) in [6.45, 7) is 2.32. The van der Waals surface area contributed by atoms with E-state index in [1.165, 1.54) is 6.20 Å². The summed E-state index contributed by atoms with van der Waals surface area (Å²) in [5, 5.41) is 6.04. The second-order valence-corrected chi connectivity index (χ2v) is 4.87. The van der Waals surface area contributed by atoms with Crippen molar-refractivity contribution in [2.75, 3.05) is 0 Å². The summed E-state index contributed by atoms with van der Waals surface area (Å²) in [5.74, 6) is -0.242. The zero-order valence-electron chi connectivity index (χ0n) is 9.11. The van der Waals surface area contributed by atoms with Gasteiger partial charge in [0.25, 0.3) is 5.91 Å². The van der Waals surface area contributed by atoms with Gasteiger partial charge < -0.3 is 5.32 Å². The van der Waals surface area contributed by atoms with Crippen molar-refractivity contribution in [1.29, 1.82) is 0 Å². The van der Waals surface area contributed by atoms with Crippen LogP contribution in [-0.4, -0.2) is 15.9 Å². The molecule has 0 saturated heterocycles. The molecule has 6 heteroatoms. The number of carbonyl (C=O) groups is 1. The Kier molecular flexibility index (Phi) is 3.71. The Morgan fingerprint density at radius 2 is 2.41 bits per heavy atom. The van der Waals surface area contributed by atoms with E-state index < -0.39 is 0 Å². The summed E-state index contributed by atoms with van der Waals surface area (Å²) >= 11 is 7.44. The smallest absolute Gasteiger partial charge is 0.254 e. The average molecular weight is 268 g/mol. The van der Waals surface area contributed by atoms with Crippen molar-refractivity contribution >= 4 is 28.8 Å². The predicted molar refractivity (Wildman–Crippen MR) is 67.3 cm³/mol. The molecule has 1 N–H and O–H groups in total. The van der Waals surface area contributed by atoms with Crippen molar-refractivity contribution in [2.24, 2.45) is 0 Å². The maximum atomic E-state index is 11.8. The molecular weight excluding hydrogens is 258 g/mol. The van der Waals surface area contributed by atoms with Crippen LogP contribution < -0.4 is 5.32 Å². The van der Waals surface area contributed by atoms with Gasteiger partial charge in [0.1, 0.15) is 0 Å². The Bertz CT molecular complexity index is 541. The Morgan fingerprint density at radius 1 is 1.59 bits per heavy atom. The van der Waals surface area contributed by atoms with Gasteiger partial charge in [0.2, 0.25) is 0 Å². The lowest BCUT2D eigenvalue weighted by Gasteiger charge is -2.04. The summed E-state index contributed by atoms with van der Waals surface area (Å²) in [5.41, 5.74) is 1.22. The summed E-state index contributed by atoms with van der Waals surface area (Å²) in [6.07, 6.45) is 2.99. The molecule has 2 aromatic rings. The summed E-state index contributed by atoms with van der Waals surface area (Å²) in [4.78, 5) is 19.9. The van der Waals surface area contributed by atoms with E-state index in [1.807, 2.05) is 12.3 Å². The van der Waals surface area contributed by atoms with E-state index in [0.717, 1.165) is 10.7 Å². The topological polar surface area (TPSA) is 54.9 Å². The molecule has 2 aromatic heterocycles. The minimum atomic E-state index is -0.242. The van der Waals surface area contributed by atoms with Crippen LogP contribution in [0.1, 0.15) is 21.1 Å². The zero-order chi connectivity index (χ0) is 12.3. The van der Waals surface area contributed by atoms with Crippen LogP contribution in [0, 0.1) is 6.92 Å². The van der Waals surface area contributed by atoms with Crippen molar-refractivity contribution < 1.29 is 4.79 Å². The number of nitrogens with one attached hydrogen (secondary N) is 1. The maximum absolute atomic E-state index is 11.8. The number of aromatic nitrogens is 2. The van der Waals surface area contributed by atoms with E-state index in [9.17, 15) is 4.79 Å². The maximum Gasteiger partial charge on any atom is 0.254 e. The summed E-state index contributed by atoms with van der Waals surface area (Å²) in [6, 6.07) is 1.59. The van der Waals surface area contributed by atoms with Gasteiger partial charge in [-0.2, -0.15) is 0 Å². The molecule has 2 rings (SSSR count). The second-order valence-electron chi connectivity index (χ2n) is 3.40. The van der Waals surface area contributed by atoms with Crippen LogP contribution in [0.25, 0.3) is 0 Å². The van der Waals surface area contributed by atoms with Crippen LogP contribution in [0.15, 0.2) is 23.8 Å². The van der Waals surface area contributed by atoms with Gasteiger partial charge in [-0.1, -0.05) is 11.6 Å². The van der Waals surface area contributed by atoms with Crippen molar-refractivity contribution in [3.05, 3.63) is 45.1 Å². The van der Waals surface area contributed by atoms with Gasteiger partial charge in [-0.05, 0) is 13.0 Å². The second kappa shape index (κ2) is 5.25. The lowest BCUT2D eigenvalue weighted by atomic mass is 10.2.